The Morgan fingerprint density at radius 1 is 1.29 bits per heavy atom. The van der Waals surface area contributed by atoms with E-state index in [9.17, 15) is 8.42 Å². The molecule has 0 spiro atoms. The van der Waals surface area contributed by atoms with Gasteiger partial charge in [0.05, 0.1) is 11.4 Å². The van der Waals surface area contributed by atoms with Crippen LogP contribution in [0.4, 0.5) is 5.69 Å². The van der Waals surface area contributed by atoms with Crippen LogP contribution in [0.25, 0.3) is 4.96 Å². The highest BCUT2D eigenvalue weighted by Crippen LogP contribution is 2.28. The average Bonchev–Trinajstić information content (AvgIpc) is 2.98. The van der Waals surface area contributed by atoms with E-state index in [4.69, 9.17) is 11.6 Å². The molecule has 3 rings (SSSR count). The third kappa shape index (κ3) is 3.01. The minimum absolute atomic E-state index is 0.0556. The number of aryl methyl sites for hydroxylation is 2. The Morgan fingerprint density at radius 2 is 2.00 bits per heavy atom. The zero-order valence-corrected chi connectivity index (χ0v) is 16.1. The number of rotatable bonds is 4. The van der Waals surface area contributed by atoms with E-state index in [2.05, 4.69) is 14.8 Å². The topological polar surface area (TPSA) is 76.4 Å². The van der Waals surface area contributed by atoms with Crippen LogP contribution in [0.5, 0.6) is 0 Å². The fourth-order valence-electron chi connectivity index (χ4n) is 2.28. The molecule has 0 saturated carbocycles. The number of nitrogens with one attached hydrogen (secondary N) is 1. The number of hydrogen-bond acceptors (Lipinski definition) is 5. The molecule has 9 heteroatoms. The van der Waals surface area contributed by atoms with Gasteiger partial charge in [-0.25, -0.2) is 4.98 Å². The van der Waals surface area contributed by atoms with Gasteiger partial charge in [0.15, 0.2) is 0 Å². The van der Waals surface area contributed by atoms with E-state index in [-0.39, 0.29) is 10.9 Å². The van der Waals surface area contributed by atoms with E-state index < -0.39 is 10.0 Å². The van der Waals surface area contributed by atoms with Crippen LogP contribution in [0, 0.1) is 13.8 Å². The smallest absolute Gasteiger partial charge is 0.278 e. The Labute approximate surface area is 149 Å². The van der Waals surface area contributed by atoms with Gasteiger partial charge >= 0.3 is 0 Å². The van der Waals surface area contributed by atoms with Gasteiger partial charge in [-0.15, -0.1) is 0 Å². The number of benzene rings is 1. The molecule has 3 aromatic rings. The molecule has 1 N–H and O–H groups in total. The van der Waals surface area contributed by atoms with Gasteiger partial charge in [0.25, 0.3) is 10.0 Å². The third-order valence-electron chi connectivity index (χ3n) is 3.53. The minimum atomic E-state index is -3.84. The summed E-state index contributed by atoms with van der Waals surface area (Å²) in [4.78, 5) is 4.91. The number of imidazole rings is 1. The summed E-state index contributed by atoms with van der Waals surface area (Å²) >= 11 is 7.37. The Balaban J connectivity index is 2.11. The van der Waals surface area contributed by atoms with Crippen LogP contribution in [0.2, 0.25) is 5.02 Å². The first-order valence-electron chi connectivity index (χ1n) is 7.34. The second kappa shape index (κ2) is 6.02. The molecular formula is C15H17ClN4O2S2. The first kappa shape index (κ1) is 17.2. The lowest BCUT2D eigenvalue weighted by Gasteiger charge is -2.10. The molecule has 24 heavy (non-hydrogen) atoms. The number of sulfonamides is 1. The zero-order chi connectivity index (χ0) is 17.6. The van der Waals surface area contributed by atoms with Crippen LogP contribution in [-0.4, -0.2) is 23.0 Å². The number of anilines is 1. The maximum Gasteiger partial charge on any atom is 0.281 e. The van der Waals surface area contributed by atoms with Gasteiger partial charge in [0.2, 0.25) is 9.99 Å². The van der Waals surface area contributed by atoms with Crippen LogP contribution in [0.1, 0.15) is 36.0 Å². The largest absolute Gasteiger partial charge is 0.281 e. The summed E-state index contributed by atoms with van der Waals surface area (Å²) in [6.45, 7) is 7.49. The fraction of sp³-hybridized carbons (Fsp3) is 0.333. The number of hydrogen-bond donors (Lipinski definition) is 1. The standard InChI is InChI=1S/C15H17ClN4O2S2/c1-8(2)13-18-20-14(10(4)17-15(20)23-13)24(21,22)19-12-7-11(16)6-5-9(12)3/h5-8,19H,1-4H3. The summed E-state index contributed by atoms with van der Waals surface area (Å²) in [7, 11) is -3.84. The molecule has 0 amide bonds. The van der Waals surface area contributed by atoms with E-state index >= 15 is 0 Å². The quantitative estimate of drug-likeness (QED) is 0.737. The van der Waals surface area contributed by atoms with Crippen LogP contribution in [-0.2, 0) is 10.0 Å². The minimum Gasteiger partial charge on any atom is -0.278 e. The zero-order valence-electron chi connectivity index (χ0n) is 13.7. The molecule has 0 atom stereocenters. The normalized spacial score (nSPS) is 12.2. The van der Waals surface area contributed by atoms with Gasteiger partial charge in [-0.2, -0.15) is 18.0 Å². The van der Waals surface area contributed by atoms with Crippen molar-refractivity contribution in [3.05, 3.63) is 39.5 Å². The molecule has 0 fully saturated rings. The van der Waals surface area contributed by atoms with Gasteiger partial charge in [0.1, 0.15) is 5.01 Å². The first-order valence-corrected chi connectivity index (χ1v) is 10.0. The number of halogens is 1. The van der Waals surface area contributed by atoms with Crippen molar-refractivity contribution in [2.24, 2.45) is 0 Å². The number of fused-ring (bicyclic) bond motifs is 1. The van der Waals surface area contributed by atoms with Crippen molar-refractivity contribution in [1.82, 2.24) is 14.6 Å². The van der Waals surface area contributed by atoms with Gasteiger partial charge in [-0.1, -0.05) is 42.9 Å². The van der Waals surface area contributed by atoms with Gasteiger partial charge < -0.3 is 0 Å². The highest BCUT2D eigenvalue weighted by molar-refractivity contribution is 7.92. The number of aromatic nitrogens is 3. The molecule has 0 radical (unpaired) electrons. The predicted molar refractivity (Wildman–Crippen MR) is 96.7 cm³/mol. The summed E-state index contributed by atoms with van der Waals surface area (Å²) < 4.78 is 29.8. The molecule has 0 aliphatic carbocycles. The molecular weight excluding hydrogens is 368 g/mol. The van der Waals surface area contributed by atoms with E-state index in [1.165, 1.54) is 15.9 Å². The second-order valence-electron chi connectivity index (χ2n) is 5.86. The molecule has 6 nitrogen and oxygen atoms in total. The molecule has 2 aromatic heterocycles. The lowest BCUT2D eigenvalue weighted by atomic mass is 10.2. The summed E-state index contributed by atoms with van der Waals surface area (Å²) in [5, 5.41) is 5.77. The van der Waals surface area contributed by atoms with Crippen molar-refractivity contribution < 1.29 is 8.42 Å². The van der Waals surface area contributed by atoms with Crippen molar-refractivity contribution in [2.45, 2.75) is 38.6 Å². The second-order valence-corrected chi connectivity index (χ2v) is 8.88. The molecule has 0 aliphatic rings. The monoisotopic (exact) mass is 384 g/mol. The van der Waals surface area contributed by atoms with Crippen molar-refractivity contribution in [3.8, 4) is 0 Å². The average molecular weight is 385 g/mol. The third-order valence-corrected chi connectivity index (χ3v) is 6.44. The SMILES string of the molecule is Cc1ccc(Cl)cc1NS(=O)(=O)c1c(C)nc2sc(C(C)C)nn12. The first-order chi connectivity index (χ1) is 11.2. The summed E-state index contributed by atoms with van der Waals surface area (Å²) in [6.07, 6.45) is 0. The Kier molecular flexibility index (Phi) is 4.31. The Morgan fingerprint density at radius 3 is 2.67 bits per heavy atom. The highest BCUT2D eigenvalue weighted by Gasteiger charge is 2.26. The lowest BCUT2D eigenvalue weighted by Crippen LogP contribution is -2.17. The molecule has 128 valence electrons. The van der Waals surface area contributed by atoms with E-state index in [0.29, 0.717) is 21.4 Å². The number of nitrogens with zero attached hydrogens (tertiary/aromatic N) is 3. The molecule has 2 heterocycles. The maximum atomic E-state index is 12.9. The van der Waals surface area contributed by atoms with Crippen molar-refractivity contribution in [2.75, 3.05) is 4.72 Å². The van der Waals surface area contributed by atoms with Gasteiger partial charge in [0, 0.05) is 10.9 Å². The van der Waals surface area contributed by atoms with Gasteiger partial charge in [-0.3, -0.25) is 4.72 Å². The molecule has 0 bridgehead atoms. The summed E-state index contributed by atoms with van der Waals surface area (Å²) in [5.41, 5.74) is 1.63. The summed E-state index contributed by atoms with van der Waals surface area (Å²) in [5.74, 6) is 0.204. The Bertz CT molecular complexity index is 1020. The summed E-state index contributed by atoms with van der Waals surface area (Å²) in [6, 6.07) is 5.06. The maximum absolute atomic E-state index is 12.9. The lowest BCUT2D eigenvalue weighted by molar-refractivity contribution is 0.592. The predicted octanol–water partition coefficient (Wildman–Crippen LogP) is 3.99. The molecule has 0 saturated heterocycles. The molecule has 0 unspecified atom stereocenters. The van der Waals surface area contributed by atoms with Crippen LogP contribution >= 0.6 is 22.9 Å². The van der Waals surface area contributed by atoms with E-state index in [0.717, 1.165) is 10.6 Å². The van der Waals surface area contributed by atoms with E-state index in [1.54, 1.807) is 25.1 Å². The van der Waals surface area contributed by atoms with E-state index in [1.807, 2.05) is 20.8 Å². The van der Waals surface area contributed by atoms with Crippen LogP contribution < -0.4 is 4.72 Å². The Hall–Kier alpha value is -1.64. The molecule has 1 aromatic carbocycles. The van der Waals surface area contributed by atoms with Crippen LogP contribution in [0.15, 0.2) is 23.2 Å². The van der Waals surface area contributed by atoms with Crippen molar-refractivity contribution >= 4 is 43.6 Å². The van der Waals surface area contributed by atoms with Gasteiger partial charge in [-0.05, 0) is 31.5 Å². The molecule has 0 aliphatic heterocycles. The van der Waals surface area contributed by atoms with Crippen LogP contribution in [0.3, 0.4) is 0 Å². The fourth-order valence-corrected chi connectivity index (χ4v) is 4.86. The highest BCUT2D eigenvalue weighted by atomic mass is 35.5. The van der Waals surface area contributed by atoms with Crippen molar-refractivity contribution in [1.29, 1.82) is 0 Å². The van der Waals surface area contributed by atoms with Crippen molar-refractivity contribution in [3.63, 3.8) is 0 Å².